The van der Waals surface area contributed by atoms with Gasteiger partial charge in [-0.15, -0.1) is 0 Å². The number of nitrogens with zero attached hydrogens (tertiary/aromatic N) is 3. The van der Waals surface area contributed by atoms with E-state index in [1.165, 1.54) is 35.1 Å². The minimum absolute atomic E-state index is 0.160. The highest BCUT2D eigenvalue weighted by Gasteiger charge is 2.16. The SMILES string of the molecule is COC1=C/C(=C/c2c(N)n3nc(COc4cccc(C)c4)sc3nc2=O)C=CC1=O. The average molecular weight is 422 g/mol. The van der Waals surface area contributed by atoms with Gasteiger partial charge in [0.2, 0.25) is 10.7 Å². The highest BCUT2D eigenvalue weighted by Crippen LogP contribution is 2.22. The largest absolute Gasteiger partial charge is 0.493 e. The molecule has 0 amide bonds. The van der Waals surface area contributed by atoms with Gasteiger partial charge in [-0.05, 0) is 48.4 Å². The fourth-order valence-electron chi connectivity index (χ4n) is 2.91. The molecule has 30 heavy (non-hydrogen) atoms. The number of nitrogen functional groups attached to an aromatic ring is 1. The molecular weight excluding hydrogens is 404 g/mol. The predicted molar refractivity (Wildman–Crippen MR) is 114 cm³/mol. The number of anilines is 1. The van der Waals surface area contributed by atoms with Crippen LogP contribution in [0.1, 0.15) is 16.1 Å². The fraction of sp³-hybridized carbons (Fsp3) is 0.143. The van der Waals surface area contributed by atoms with Crippen molar-refractivity contribution in [2.75, 3.05) is 12.8 Å². The zero-order chi connectivity index (χ0) is 21.3. The smallest absolute Gasteiger partial charge is 0.283 e. The summed E-state index contributed by atoms with van der Waals surface area (Å²) in [4.78, 5) is 28.7. The normalized spacial score (nSPS) is 14.9. The van der Waals surface area contributed by atoms with E-state index in [1.807, 2.05) is 31.2 Å². The number of aryl methyl sites for hydroxylation is 1. The molecule has 1 aliphatic carbocycles. The van der Waals surface area contributed by atoms with E-state index in [0.717, 1.165) is 11.3 Å². The second-order valence-electron chi connectivity index (χ2n) is 6.57. The van der Waals surface area contributed by atoms with Crippen LogP contribution in [-0.2, 0) is 16.1 Å². The maximum atomic E-state index is 12.5. The van der Waals surface area contributed by atoms with Gasteiger partial charge in [0.1, 0.15) is 18.2 Å². The quantitative estimate of drug-likeness (QED) is 0.673. The Bertz CT molecular complexity index is 1300. The lowest BCUT2D eigenvalue weighted by atomic mass is 10.0. The van der Waals surface area contributed by atoms with Gasteiger partial charge >= 0.3 is 0 Å². The van der Waals surface area contributed by atoms with Gasteiger partial charge in [0.25, 0.3) is 5.56 Å². The molecule has 0 radical (unpaired) electrons. The van der Waals surface area contributed by atoms with Gasteiger partial charge in [0.05, 0.1) is 12.7 Å². The van der Waals surface area contributed by atoms with Gasteiger partial charge < -0.3 is 15.2 Å². The number of fused-ring (bicyclic) bond motifs is 1. The number of methoxy groups -OCH3 is 1. The molecule has 3 aromatic rings. The molecule has 2 aromatic heterocycles. The Morgan fingerprint density at radius 3 is 2.87 bits per heavy atom. The minimum Gasteiger partial charge on any atom is -0.493 e. The maximum Gasteiger partial charge on any atom is 0.283 e. The van der Waals surface area contributed by atoms with E-state index in [1.54, 1.807) is 12.2 Å². The maximum absolute atomic E-state index is 12.5. The number of rotatable bonds is 5. The van der Waals surface area contributed by atoms with Crippen molar-refractivity contribution >= 4 is 34.0 Å². The molecule has 1 aliphatic rings. The standard InChI is InChI=1S/C21H18N4O4S/c1-12-4-3-5-14(8-12)29-11-18-24-25-19(22)15(20(27)23-21(25)30-18)9-13-6-7-16(26)17(10-13)28-2/h3-10H,11,22H2,1-2H3/b13-9+. The van der Waals surface area contributed by atoms with Crippen molar-refractivity contribution in [2.45, 2.75) is 13.5 Å². The van der Waals surface area contributed by atoms with Crippen LogP contribution in [0.25, 0.3) is 11.0 Å². The van der Waals surface area contributed by atoms with E-state index in [0.29, 0.717) is 15.5 Å². The van der Waals surface area contributed by atoms with Crippen LogP contribution in [0.2, 0.25) is 0 Å². The summed E-state index contributed by atoms with van der Waals surface area (Å²) in [5, 5.41) is 5.06. The van der Waals surface area contributed by atoms with Crippen LogP contribution in [0.3, 0.4) is 0 Å². The molecule has 2 heterocycles. The molecule has 0 saturated carbocycles. The van der Waals surface area contributed by atoms with Crippen molar-refractivity contribution in [1.29, 1.82) is 0 Å². The van der Waals surface area contributed by atoms with E-state index in [-0.39, 0.29) is 29.5 Å². The van der Waals surface area contributed by atoms with Crippen molar-refractivity contribution in [3.8, 4) is 5.75 Å². The zero-order valence-electron chi connectivity index (χ0n) is 16.3. The number of ether oxygens (including phenoxy) is 2. The van der Waals surface area contributed by atoms with E-state index < -0.39 is 5.56 Å². The summed E-state index contributed by atoms with van der Waals surface area (Å²) in [6, 6.07) is 7.69. The number of nitrogens with two attached hydrogens (primary N) is 1. The number of hydrogen-bond donors (Lipinski definition) is 1. The number of carbonyl (C=O) groups excluding carboxylic acids is 1. The Labute approximate surface area is 175 Å². The lowest BCUT2D eigenvalue weighted by Gasteiger charge is -2.08. The highest BCUT2D eigenvalue weighted by molar-refractivity contribution is 7.16. The first-order chi connectivity index (χ1) is 14.4. The van der Waals surface area contributed by atoms with Crippen LogP contribution in [0, 0.1) is 6.92 Å². The van der Waals surface area contributed by atoms with Crippen LogP contribution >= 0.6 is 11.3 Å². The summed E-state index contributed by atoms with van der Waals surface area (Å²) >= 11 is 1.23. The molecule has 1 aromatic carbocycles. The summed E-state index contributed by atoms with van der Waals surface area (Å²) < 4.78 is 12.2. The van der Waals surface area contributed by atoms with E-state index in [9.17, 15) is 9.59 Å². The van der Waals surface area contributed by atoms with Gasteiger partial charge in [-0.2, -0.15) is 14.6 Å². The summed E-state index contributed by atoms with van der Waals surface area (Å²) in [5.74, 6) is 0.828. The first-order valence-corrected chi connectivity index (χ1v) is 9.84. The molecule has 0 atom stereocenters. The molecular formula is C21H18N4O4S. The number of allylic oxidation sites excluding steroid dienone is 4. The average Bonchev–Trinajstić information content (AvgIpc) is 3.14. The number of aromatic nitrogens is 3. The first kappa shape index (κ1) is 19.6. The van der Waals surface area contributed by atoms with Crippen molar-refractivity contribution in [3.63, 3.8) is 0 Å². The first-order valence-electron chi connectivity index (χ1n) is 9.02. The van der Waals surface area contributed by atoms with E-state index in [2.05, 4.69) is 10.1 Å². The number of ketones is 1. The predicted octanol–water partition coefficient (Wildman–Crippen LogP) is 2.67. The van der Waals surface area contributed by atoms with Crippen molar-refractivity contribution in [1.82, 2.24) is 14.6 Å². The number of carbonyl (C=O) groups is 1. The Morgan fingerprint density at radius 2 is 2.10 bits per heavy atom. The minimum atomic E-state index is -0.479. The van der Waals surface area contributed by atoms with Crippen molar-refractivity contribution < 1.29 is 14.3 Å². The highest BCUT2D eigenvalue weighted by atomic mass is 32.1. The Balaban J connectivity index is 1.66. The number of benzene rings is 1. The van der Waals surface area contributed by atoms with Gasteiger partial charge in [0.15, 0.2) is 10.8 Å². The lowest BCUT2D eigenvalue weighted by molar-refractivity contribution is -0.114. The molecule has 2 N–H and O–H groups in total. The van der Waals surface area contributed by atoms with Crippen LogP contribution in [0.15, 0.2) is 58.6 Å². The molecule has 0 spiro atoms. The molecule has 0 unspecified atom stereocenters. The molecule has 0 bridgehead atoms. The van der Waals surface area contributed by atoms with E-state index >= 15 is 0 Å². The van der Waals surface area contributed by atoms with Gasteiger partial charge in [0, 0.05) is 0 Å². The third kappa shape index (κ3) is 3.87. The summed E-state index contributed by atoms with van der Waals surface area (Å²) in [6.07, 6.45) is 6.05. The summed E-state index contributed by atoms with van der Waals surface area (Å²) in [6.45, 7) is 2.21. The van der Waals surface area contributed by atoms with Crippen molar-refractivity contribution in [3.05, 3.63) is 80.3 Å². The second-order valence-corrected chi connectivity index (χ2v) is 7.61. The lowest BCUT2D eigenvalue weighted by Crippen LogP contribution is -2.17. The van der Waals surface area contributed by atoms with E-state index in [4.69, 9.17) is 15.2 Å². The number of hydrogen-bond acceptors (Lipinski definition) is 8. The fourth-order valence-corrected chi connectivity index (χ4v) is 3.71. The Hall–Kier alpha value is -3.72. The van der Waals surface area contributed by atoms with Crippen LogP contribution in [0.4, 0.5) is 5.82 Å². The summed E-state index contributed by atoms with van der Waals surface area (Å²) in [7, 11) is 1.41. The van der Waals surface area contributed by atoms with Gasteiger partial charge in [-0.25, -0.2) is 0 Å². The molecule has 0 saturated heterocycles. The van der Waals surface area contributed by atoms with Gasteiger partial charge in [-0.1, -0.05) is 29.5 Å². The topological polar surface area (TPSA) is 109 Å². The molecule has 9 heteroatoms. The third-order valence-corrected chi connectivity index (χ3v) is 5.27. The molecule has 4 rings (SSSR count). The molecule has 0 fully saturated rings. The van der Waals surface area contributed by atoms with Crippen molar-refractivity contribution in [2.24, 2.45) is 0 Å². The molecule has 152 valence electrons. The molecule has 8 nitrogen and oxygen atoms in total. The zero-order valence-corrected chi connectivity index (χ0v) is 17.1. The monoisotopic (exact) mass is 422 g/mol. The van der Waals surface area contributed by atoms with Crippen LogP contribution < -0.4 is 16.0 Å². The summed E-state index contributed by atoms with van der Waals surface area (Å²) in [5.41, 5.74) is 7.60. The second kappa shape index (κ2) is 7.96. The van der Waals surface area contributed by atoms with Crippen LogP contribution in [0.5, 0.6) is 5.75 Å². The van der Waals surface area contributed by atoms with Gasteiger partial charge in [-0.3, -0.25) is 9.59 Å². The Morgan fingerprint density at radius 1 is 1.27 bits per heavy atom. The molecule has 0 aliphatic heterocycles. The third-order valence-electron chi connectivity index (χ3n) is 4.38. The Kier molecular flexibility index (Phi) is 5.20. The van der Waals surface area contributed by atoms with Crippen LogP contribution in [-0.4, -0.2) is 27.5 Å².